The molecule has 0 radical (unpaired) electrons. The fraction of sp³-hybridized carbons (Fsp3) is 0.519. The average Bonchev–Trinajstić information content (AvgIpc) is 3.36. The monoisotopic (exact) mass is 483 g/mol. The summed E-state index contributed by atoms with van der Waals surface area (Å²) in [5, 5.41) is 4.15. The summed E-state index contributed by atoms with van der Waals surface area (Å²) in [6.45, 7) is 5.91. The molecular weight excluding hydrogens is 450 g/mol. The van der Waals surface area contributed by atoms with Crippen LogP contribution in [0, 0.1) is 5.92 Å². The molecule has 3 aliphatic rings. The summed E-state index contributed by atoms with van der Waals surface area (Å²) in [5.41, 5.74) is 2.29. The first kappa shape index (κ1) is 23.3. The average molecular weight is 484 g/mol. The molecule has 2 fully saturated rings. The molecule has 1 amide bonds. The van der Waals surface area contributed by atoms with E-state index in [-0.39, 0.29) is 17.9 Å². The van der Waals surface area contributed by atoms with Gasteiger partial charge in [-0.15, -0.1) is 0 Å². The van der Waals surface area contributed by atoms with Crippen LogP contribution in [-0.2, 0) is 11.2 Å². The molecule has 0 bridgehead atoms. The number of likely N-dealkylation sites (tertiary alicyclic amines) is 1. The van der Waals surface area contributed by atoms with Gasteiger partial charge in [0, 0.05) is 36.4 Å². The summed E-state index contributed by atoms with van der Waals surface area (Å²) in [7, 11) is 0. The van der Waals surface area contributed by atoms with E-state index in [1.165, 1.54) is 24.8 Å². The Morgan fingerprint density at radius 3 is 2.56 bits per heavy atom. The number of halogens is 1. The number of carbonyl (C=O) groups is 1. The van der Waals surface area contributed by atoms with Crippen LogP contribution in [0.5, 0.6) is 11.5 Å². The van der Waals surface area contributed by atoms with Crippen LogP contribution in [0.2, 0.25) is 5.02 Å². The molecule has 6 nitrogen and oxygen atoms in total. The summed E-state index contributed by atoms with van der Waals surface area (Å²) in [6, 6.07) is 14.1. The molecule has 2 atom stereocenters. The topological polar surface area (TPSA) is 54.0 Å². The number of nitrogens with one attached hydrogen (secondary N) is 1. The van der Waals surface area contributed by atoms with Gasteiger partial charge in [-0.05, 0) is 80.7 Å². The van der Waals surface area contributed by atoms with Crippen molar-refractivity contribution in [2.45, 2.75) is 38.1 Å². The van der Waals surface area contributed by atoms with Crippen LogP contribution < -0.4 is 19.7 Å². The lowest BCUT2D eigenvalue weighted by atomic mass is 10.0. The van der Waals surface area contributed by atoms with Gasteiger partial charge in [-0.2, -0.15) is 0 Å². The van der Waals surface area contributed by atoms with Gasteiger partial charge in [0.05, 0.1) is 5.92 Å². The van der Waals surface area contributed by atoms with Crippen molar-refractivity contribution >= 4 is 23.2 Å². The molecule has 5 rings (SSSR count). The number of nitrogens with zero attached hydrogens (tertiary/aromatic N) is 2. The van der Waals surface area contributed by atoms with Crippen LogP contribution in [0.1, 0.15) is 31.2 Å². The van der Waals surface area contributed by atoms with Crippen molar-refractivity contribution < 1.29 is 14.3 Å². The zero-order chi connectivity index (χ0) is 23.3. The number of amides is 1. The molecule has 34 heavy (non-hydrogen) atoms. The molecule has 3 heterocycles. The van der Waals surface area contributed by atoms with E-state index in [4.69, 9.17) is 21.1 Å². The van der Waals surface area contributed by atoms with Crippen molar-refractivity contribution in [2.75, 3.05) is 50.8 Å². The van der Waals surface area contributed by atoms with Crippen molar-refractivity contribution in [3.8, 4) is 11.5 Å². The molecule has 3 aliphatic heterocycles. The number of piperidine rings is 1. The maximum Gasteiger partial charge on any atom is 0.225 e. The van der Waals surface area contributed by atoms with Crippen molar-refractivity contribution in [3.05, 3.63) is 53.1 Å². The zero-order valence-electron chi connectivity index (χ0n) is 19.7. The maximum absolute atomic E-state index is 13.3. The number of hydrogen-bond donors (Lipinski definition) is 1. The van der Waals surface area contributed by atoms with Crippen molar-refractivity contribution in [3.63, 3.8) is 0 Å². The van der Waals surface area contributed by atoms with Gasteiger partial charge in [-0.1, -0.05) is 24.1 Å². The highest BCUT2D eigenvalue weighted by Gasteiger charge is 2.30. The first-order valence-electron chi connectivity index (χ1n) is 12.6. The normalized spacial score (nSPS) is 21.3. The Morgan fingerprint density at radius 1 is 1.00 bits per heavy atom. The van der Waals surface area contributed by atoms with Crippen LogP contribution in [-0.4, -0.2) is 62.8 Å². The van der Waals surface area contributed by atoms with Crippen molar-refractivity contribution in [2.24, 2.45) is 5.92 Å². The van der Waals surface area contributed by atoms with Gasteiger partial charge in [-0.25, -0.2) is 0 Å². The van der Waals surface area contributed by atoms with E-state index in [0.717, 1.165) is 67.8 Å². The Hall–Kier alpha value is -2.44. The Labute approximate surface area is 207 Å². The van der Waals surface area contributed by atoms with E-state index in [0.29, 0.717) is 13.2 Å². The molecule has 182 valence electrons. The molecule has 0 saturated carbocycles. The lowest BCUT2D eigenvalue weighted by Gasteiger charge is -2.31. The fourth-order valence-corrected chi connectivity index (χ4v) is 5.42. The highest BCUT2D eigenvalue weighted by atomic mass is 35.5. The van der Waals surface area contributed by atoms with Crippen LogP contribution in [0.4, 0.5) is 5.69 Å². The van der Waals surface area contributed by atoms with Crippen LogP contribution in [0.25, 0.3) is 0 Å². The van der Waals surface area contributed by atoms with Crippen molar-refractivity contribution in [1.29, 1.82) is 0 Å². The van der Waals surface area contributed by atoms with Gasteiger partial charge < -0.3 is 24.6 Å². The second-order valence-electron chi connectivity index (χ2n) is 9.66. The summed E-state index contributed by atoms with van der Waals surface area (Å²) < 4.78 is 11.5. The predicted molar refractivity (Wildman–Crippen MR) is 135 cm³/mol. The van der Waals surface area contributed by atoms with E-state index < -0.39 is 0 Å². The molecule has 0 aliphatic carbocycles. The van der Waals surface area contributed by atoms with Gasteiger partial charge in [0.25, 0.3) is 0 Å². The number of rotatable bonds is 7. The summed E-state index contributed by atoms with van der Waals surface area (Å²) >= 11 is 6.04. The Balaban J connectivity index is 1.24. The quantitative estimate of drug-likeness (QED) is 0.641. The lowest BCUT2D eigenvalue weighted by molar-refractivity contribution is -0.125. The molecule has 1 N–H and O–H groups in total. The summed E-state index contributed by atoms with van der Waals surface area (Å²) in [4.78, 5) is 18.1. The van der Waals surface area contributed by atoms with E-state index in [2.05, 4.69) is 27.2 Å². The van der Waals surface area contributed by atoms with E-state index in [9.17, 15) is 4.79 Å². The first-order valence-corrected chi connectivity index (χ1v) is 12.9. The molecule has 2 saturated heterocycles. The van der Waals surface area contributed by atoms with Gasteiger partial charge in [0.15, 0.2) is 11.5 Å². The summed E-state index contributed by atoms with van der Waals surface area (Å²) in [6.07, 6.45) is 5.44. The smallest absolute Gasteiger partial charge is 0.225 e. The van der Waals surface area contributed by atoms with Crippen LogP contribution >= 0.6 is 11.6 Å². The molecule has 2 aromatic carbocycles. The van der Waals surface area contributed by atoms with Gasteiger partial charge >= 0.3 is 0 Å². The number of carbonyl (C=O) groups excluding carboxylic acids is 1. The van der Waals surface area contributed by atoms with E-state index >= 15 is 0 Å². The third-order valence-corrected chi connectivity index (χ3v) is 7.37. The Kier molecular flexibility index (Phi) is 7.45. The van der Waals surface area contributed by atoms with Gasteiger partial charge in [-0.3, -0.25) is 4.79 Å². The minimum absolute atomic E-state index is 0.000185. The molecule has 2 aromatic rings. The van der Waals surface area contributed by atoms with Crippen LogP contribution in [0.15, 0.2) is 42.5 Å². The number of anilines is 1. The second kappa shape index (κ2) is 10.9. The third kappa shape index (κ3) is 5.78. The predicted octanol–water partition coefficient (Wildman–Crippen LogP) is 4.15. The minimum Gasteiger partial charge on any atom is -0.486 e. The second-order valence-corrected chi connectivity index (χ2v) is 10.1. The Bertz CT molecular complexity index is 978. The summed E-state index contributed by atoms with van der Waals surface area (Å²) in [5.74, 6) is 1.77. The number of hydrogen-bond acceptors (Lipinski definition) is 5. The molecule has 7 heteroatoms. The van der Waals surface area contributed by atoms with E-state index in [1.807, 2.05) is 30.3 Å². The minimum atomic E-state index is -0.000185. The third-order valence-electron chi connectivity index (χ3n) is 7.11. The highest BCUT2D eigenvalue weighted by Crippen LogP contribution is 2.31. The maximum atomic E-state index is 13.3. The number of ether oxygens (including phenoxy) is 2. The largest absolute Gasteiger partial charge is 0.486 e. The lowest BCUT2D eigenvalue weighted by Crippen LogP contribution is -2.48. The molecule has 0 spiro atoms. The first-order chi connectivity index (χ1) is 16.6. The highest BCUT2D eigenvalue weighted by molar-refractivity contribution is 6.30. The van der Waals surface area contributed by atoms with Crippen LogP contribution in [0.3, 0.4) is 0 Å². The molecule has 0 aromatic heterocycles. The standard InChI is InChI=1S/C27H34ClN3O3/c28-22-5-7-24(8-6-22)31-13-10-21(18-31)27(32)29-23(19-30-11-2-1-3-12-30)16-20-4-9-25-26(17-20)34-15-14-33-25/h4-9,17,21,23H,1-3,10-16,18-19H2,(H,29,32). The Morgan fingerprint density at radius 2 is 1.76 bits per heavy atom. The number of fused-ring (bicyclic) bond motifs is 1. The van der Waals surface area contributed by atoms with Gasteiger partial charge in [0.2, 0.25) is 5.91 Å². The van der Waals surface area contributed by atoms with Gasteiger partial charge in [0.1, 0.15) is 13.2 Å². The van der Waals surface area contributed by atoms with E-state index in [1.54, 1.807) is 0 Å². The SMILES string of the molecule is O=C(NC(Cc1ccc2c(c1)OCCO2)CN1CCCCC1)C1CCN(c2ccc(Cl)cc2)C1. The van der Waals surface area contributed by atoms with Crippen molar-refractivity contribution in [1.82, 2.24) is 10.2 Å². The zero-order valence-corrected chi connectivity index (χ0v) is 20.4. The number of benzene rings is 2. The molecule has 2 unspecified atom stereocenters. The fourth-order valence-electron chi connectivity index (χ4n) is 5.29. The molecular formula is C27H34ClN3O3.